The Morgan fingerprint density at radius 2 is 0.900 bits per heavy atom. The Morgan fingerprint density at radius 3 is 1.78 bits per heavy atom. The summed E-state index contributed by atoms with van der Waals surface area (Å²) in [6.07, 6.45) is 0. The number of fused-ring (bicyclic) bond motifs is 7. The van der Waals surface area contributed by atoms with Crippen LogP contribution in [0.1, 0.15) is 0 Å². The van der Waals surface area contributed by atoms with Gasteiger partial charge in [-0.25, -0.2) is 0 Å². The van der Waals surface area contributed by atoms with Gasteiger partial charge < -0.3 is 9.32 Å². The maximum absolute atomic E-state index is 6.21. The van der Waals surface area contributed by atoms with Crippen molar-refractivity contribution in [1.29, 1.82) is 0 Å². The van der Waals surface area contributed by atoms with E-state index in [1.54, 1.807) is 0 Å². The third-order valence-corrected chi connectivity index (χ3v) is 10.0. The first kappa shape index (κ1) is 28.4. The standard InChI is InChI=1S/C48H31NO/c1-3-14-41-33(9-1)11-8-17-43(41)36-13-7-12-35(29-36)32-21-23-38(24-22-32)49(40-26-28-48-46(31-40)45-16-5-6-18-47(45)50-48)39-25-27-44-37(30-39)20-19-34-10-2-4-15-42(34)44/h1-31H. The molecule has 9 aromatic carbocycles. The summed E-state index contributed by atoms with van der Waals surface area (Å²) in [6.45, 7) is 0. The van der Waals surface area contributed by atoms with Gasteiger partial charge in [0, 0.05) is 27.8 Å². The number of rotatable bonds is 5. The molecule has 0 spiro atoms. The molecule has 10 aromatic rings. The van der Waals surface area contributed by atoms with Crippen molar-refractivity contribution in [2.45, 2.75) is 0 Å². The van der Waals surface area contributed by atoms with Crippen LogP contribution in [0.4, 0.5) is 17.1 Å². The van der Waals surface area contributed by atoms with Crippen LogP contribution in [0.3, 0.4) is 0 Å². The summed E-state index contributed by atoms with van der Waals surface area (Å²) in [5, 5.41) is 9.73. The van der Waals surface area contributed by atoms with Crippen molar-refractivity contribution in [2.24, 2.45) is 0 Å². The van der Waals surface area contributed by atoms with Gasteiger partial charge in [-0.1, -0.05) is 133 Å². The highest BCUT2D eigenvalue weighted by Gasteiger charge is 2.17. The number of hydrogen-bond donors (Lipinski definition) is 0. The fourth-order valence-corrected chi connectivity index (χ4v) is 7.59. The molecule has 0 radical (unpaired) electrons. The van der Waals surface area contributed by atoms with Gasteiger partial charge in [0.05, 0.1) is 0 Å². The quantitative estimate of drug-likeness (QED) is 0.175. The van der Waals surface area contributed by atoms with Gasteiger partial charge in [-0.3, -0.25) is 0 Å². The summed E-state index contributed by atoms with van der Waals surface area (Å²) >= 11 is 0. The molecule has 2 nitrogen and oxygen atoms in total. The second kappa shape index (κ2) is 11.5. The molecule has 1 aromatic heterocycles. The minimum atomic E-state index is 0.890. The molecule has 50 heavy (non-hydrogen) atoms. The molecule has 0 N–H and O–H groups in total. The van der Waals surface area contributed by atoms with E-state index in [2.05, 4.69) is 181 Å². The van der Waals surface area contributed by atoms with Crippen molar-refractivity contribution < 1.29 is 4.42 Å². The highest BCUT2D eigenvalue weighted by molar-refractivity contribution is 6.09. The van der Waals surface area contributed by atoms with E-state index >= 15 is 0 Å². The summed E-state index contributed by atoms with van der Waals surface area (Å²) in [5.41, 5.74) is 9.90. The zero-order valence-corrected chi connectivity index (χ0v) is 27.3. The Bertz CT molecular complexity index is 2870. The third-order valence-electron chi connectivity index (χ3n) is 10.0. The Morgan fingerprint density at radius 1 is 0.300 bits per heavy atom. The molecule has 1 heterocycles. The molecule has 0 saturated carbocycles. The summed E-state index contributed by atoms with van der Waals surface area (Å²) < 4.78 is 6.21. The average molecular weight is 638 g/mol. The van der Waals surface area contributed by atoms with Crippen molar-refractivity contribution in [3.05, 3.63) is 188 Å². The fourth-order valence-electron chi connectivity index (χ4n) is 7.59. The smallest absolute Gasteiger partial charge is 0.135 e. The van der Waals surface area contributed by atoms with E-state index in [-0.39, 0.29) is 0 Å². The Kier molecular flexibility index (Phi) is 6.53. The predicted octanol–water partition coefficient (Wildman–Crippen LogP) is 13.8. The molecule has 0 atom stereocenters. The van der Waals surface area contributed by atoms with Gasteiger partial charge in [0.1, 0.15) is 11.2 Å². The predicted molar refractivity (Wildman–Crippen MR) is 212 cm³/mol. The molecular formula is C48H31NO. The van der Waals surface area contributed by atoms with E-state index in [9.17, 15) is 0 Å². The van der Waals surface area contributed by atoms with Crippen molar-refractivity contribution in [1.82, 2.24) is 0 Å². The minimum Gasteiger partial charge on any atom is -0.456 e. The van der Waals surface area contributed by atoms with Crippen LogP contribution >= 0.6 is 0 Å². The summed E-state index contributed by atoms with van der Waals surface area (Å²) in [5.74, 6) is 0. The fraction of sp³-hybridized carbons (Fsp3) is 0. The highest BCUT2D eigenvalue weighted by atomic mass is 16.3. The van der Waals surface area contributed by atoms with Gasteiger partial charge in [0.25, 0.3) is 0 Å². The molecule has 234 valence electrons. The molecule has 0 fully saturated rings. The number of nitrogens with zero attached hydrogens (tertiary/aromatic N) is 1. The average Bonchev–Trinajstić information content (AvgIpc) is 3.56. The van der Waals surface area contributed by atoms with Gasteiger partial charge >= 0.3 is 0 Å². The van der Waals surface area contributed by atoms with Crippen LogP contribution in [0.2, 0.25) is 0 Å². The van der Waals surface area contributed by atoms with E-state index in [1.807, 2.05) is 12.1 Å². The maximum Gasteiger partial charge on any atom is 0.135 e. The Balaban J connectivity index is 1.09. The van der Waals surface area contributed by atoms with E-state index in [0.29, 0.717) is 0 Å². The van der Waals surface area contributed by atoms with Gasteiger partial charge in [0.15, 0.2) is 0 Å². The Hall–Kier alpha value is -6.64. The van der Waals surface area contributed by atoms with E-state index in [0.717, 1.165) is 39.0 Å². The van der Waals surface area contributed by atoms with Crippen LogP contribution in [0.5, 0.6) is 0 Å². The van der Waals surface area contributed by atoms with Gasteiger partial charge in [-0.2, -0.15) is 0 Å². The number of para-hydroxylation sites is 1. The monoisotopic (exact) mass is 637 g/mol. The van der Waals surface area contributed by atoms with E-state index in [1.165, 1.54) is 54.6 Å². The third kappa shape index (κ3) is 4.73. The second-order valence-electron chi connectivity index (χ2n) is 13.0. The van der Waals surface area contributed by atoms with Crippen LogP contribution < -0.4 is 4.90 Å². The van der Waals surface area contributed by atoms with Crippen molar-refractivity contribution in [3.63, 3.8) is 0 Å². The van der Waals surface area contributed by atoms with E-state index < -0.39 is 0 Å². The molecule has 10 rings (SSSR count). The topological polar surface area (TPSA) is 16.4 Å². The molecular weight excluding hydrogens is 607 g/mol. The van der Waals surface area contributed by atoms with Crippen LogP contribution in [0.15, 0.2) is 192 Å². The second-order valence-corrected chi connectivity index (χ2v) is 13.0. The maximum atomic E-state index is 6.21. The summed E-state index contributed by atoms with van der Waals surface area (Å²) in [6, 6.07) is 67.6. The van der Waals surface area contributed by atoms with Gasteiger partial charge in [-0.15, -0.1) is 0 Å². The van der Waals surface area contributed by atoms with Crippen LogP contribution in [0.25, 0.3) is 76.5 Å². The SMILES string of the molecule is c1cc(-c2ccc(N(c3ccc4c(ccc5ccccc54)c3)c3ccc4oc5ccccc5c4c3)cc2)cc(-c2cccc3ccccc23)c1. The lowest BCUT2D eigenvalue weighted by molar-refractivity contribution is 0.669. The lowest BCUT2D eigenvalue weighted by atomic mass is 9.95. The van der Waals surface area contributed by atoms with Crippen molar-refractivity contribution in [3.8, 4) is 22.3 Å². The molecule has 0 aliphatic rings. The summed E-state index contributed by atoms with van der Waals surface area (Å²) in [7, 11) is 0. The molecule has 0 saturated heterocycles. The van der Waals surface area contributed by atoms with E-state index in [4.69, 9.17) is 4.42 Å². The lowest BCUT2D eigenvalue weighted by Crippen LogP contribution is -2.09. The van der Waals surface area contributed by atoms with Gasteiger partial charge in [0.2, 0.25) is 0 Å². The number of hydrogen-bond acceptors (Lipinski definition) is 2. The molecule has 0 unspecified atom stereocenters. The first-order valence-corrected chi connectivity index (χ1v) is 17.1. The zero-order valence-electron chi connectivity index (χ0n) is 27.3. The highest BCUT2D eigenvalue weighted by Crippen LogP contribution is 2.41. The first-order chi connectivity index (χ1) is 24.8. The number of furan rings is 1. The first-order valence-electron chi connectivity index (χ1n) is 17.1. The number of benzene rings is 9. The molecule has 0 bridgehead atoms. The van der Waals surface area contributed by atoms with Crippen LogP contribution in [-0.4, -0.2) is 0 Å². The molecule has 0 aliphatic heterocycles. The largest absolute Gasteiger partial charge is 0.456 e. The van der Waals surface area contributed by atoms with Crippen LogP contribution in [0, 0.1) is 0 Å². The van der Waals surface area contributed by atoms with Crippen molar-refractivity contribution in [2.75, 3.05) is 4.90 Å². The molecule has 0 aliphatic carbocycles. The lowest BCUT2D eigenvalue weighted by Gasteiger charge is -2.26. The molecule has 2 heteroatoms. The van der Waals surface area contributed by atoms with Crippen LogP contribution in [-0.2, 0) is 0 Å². The minimum absolute atomic E-state index is 0.890. The molecule has 0 amide bonds. The van der Waals surface area contributed by atoms with Crippen molar-refractivity contribution >= 4 is 71.3 Å². The number of anilines is 3. The Labute approximate surface area is 290 Å². The zero-order chi connectivity index (χ0) is 33.0. The van der Waals surface area contributed by atoms with Gasteiger partial charge in [-0.05, 0) is 109 Å². The summed E-state index contributed by atoms with van der Waals surface area (Å²) in [4.78, 5) is 2.35. The normalized spacial score (nSPS) is 11.6.